The summed E-state index contributed by atoms with van der Waals surface area (Å²) in [7, 11) is 0. The van der Waals surface area contributed by atoms with E-state index in [4.69, 9.17) is 16.1 Å². The minimum atomic E-state index is -0.148. The summed E-state index contributed by atoms with van der Waals surface area (Å²) in [6.07, 6.45) is 3.80. The Morgan fingerprint density at radius 1 is 1.22 bits per heavy atom. The second-order valence-corrected chi connectivity index (χ2v) is 10.0. The summed E-state index contributed by atoms with van der Waals surface area (Å²) >= 11 is 6.71. The fourth-order valence-electron chi connectivity index (χ4n) is 5.18. The van der Waals surface area contributed by atoms with Gasteiger partial charge in [0.05, 0.1) is 28.9 Å². The van der Waals surface area contributed by atoms with Gasteiger partial charge in [-0.1, -0.05) is 41.0 Å². The summed E-state index contributed by atoms with van der Waals surface area (Å²) in [5.74, 6) is 0.400. The first-order valence-corrected chi connectivity index (χ1v) is 12.8. The number of aryl methyl sites for hydroxylation is 2. The minimum absolute atomic E-state index is 0.0190. The van der Waals surface area contributed by atoms with Gasteiger partial charge in [0.15, 0.2) is 0 Å². The normalized spacial score (nSPS) is 19.8. The average molecular weight is 520 g/mol. The summed E-state index contributed by atoms with van der Waals surface area (Å²) < 4.78 is 5.15. The van der Waals surface area contributed by atoms with Crippen LogP contribution in [0.3, 0.4) is 0 Å². The number of carbonyl (C=O) groups excluding carboxylic acids is 2. The van der Waals surface area contributed by atoms with Crippen LogP contribution in [-0.4, -0.2) is 47.5 Å². The predicted molar refractivity (Wildman–Crippen MR) is 145 cm³/mol. The number of halogens is 1. The third-order valence-corrected chi connectivity index (χ3v) is 7.38. The highest BCUT2D eigenvalue weighted by molar-refractivity contribution is 6.33. The van der Waals surface area contributed by atoms with Crippen molar-refractivity contribution in [3.05, 3.63) is 82.2 Å². The third kappa shape index (κ3) is 5.26. The van der Waals surface area contributed by atoms with Crippen LogP contribution in [0.2, 0.25) is 5.02 Å². The zero-order valence-electron chi connectivity index (χ0n) is 21.1. The number of hydrogen-bond donors (Lipinski definition) is 2. The largest absolute Gasteiger partial charge is 0.365 e. The molecule has 2 aliphatic rings. The van der Waals surface area contributed by atoms with E-state index in [9.17, 15) is 9.59 Å². The first-order chi connectivity index (χ1) is 17.8. The quantitative estimate of drug-likeness (QED) is 0.499. The Morgan fingerprint density at radius 3 is 2.76 bits per heavy atom. The number of hydrogen-bond acceptors (Lipinski definition) is 6. The lowest BCUT2D eigenvalue weighted by Gasteiger charge is -2.44. The first-order valence-electron chi connectivity index (χ1n) is 12.4. The molecule has 0 bridgehead atoms. The molecular weight excluding hydrogens is 490 g/mol. The second kappa shape index (κ2) is 10.4. The van der Waals surface area contributed by atoms with Crippen LogP contribution in [0.4, 0.5) is 17.1 Å². The highest BCUT2D eigenvalue weighted by atomic mass is 35.5. The van der Waals surface area contributed by atoms with Crippen molar-refractivity contribution in [3.8, 4) is 0 Å². The van der Waals surface area contributed by atoms with Gasteiger partial charge in [0.25, 0.3) is 0 Å². The Bertz CT molecular complexity index is 1350. The van der Waals surface area contributed by atoms with E-state index in [1.807, 2.05) is 43.3 Å². The molecule has 2 unspecified atom stereocenters. The molecule has 1 saturated heterocycles. The fourth-order valence-corrected chi connectivity index (χ4v) is 5.47. The van der Waals surface area contributed by atoms with Crippen molar-refractivity contribution >= 4 is 40.5 Å². The number of amides is 2. The lowest BCUT2D eigenvalue weighted by atomic mass is 10.0. The SMILES string of the molecule is Cc1noc(C)c1CC(=O)Nc1ccc(N2CCN(C3C=CC(=O)Nc4ccccc43)CC2C)c(Cl)c1. The van der Waals surface area contributed by atoms with Crippen LogP contribution < -0.4 is 15.5 Å². The van der Waals surface area contributed by atoms with Crippen molar-refractivity contribution in [1.82, 2.24) is 10.1 Å². The Labute approximate surface area is 221 Å². The third-order valence-electron chi connectivity index (χ3n) is 7.08. The number of rotatable bonds is 5. The molecule has 2 amide bonds. The van der Waals surface area contributed by atoms with E-state index in [-0.39, 0.29) is 30.3 Å². The molecule has 2 aliphatic heterocycles. The predicted octanol–water partition coefficient (Wildman–Crippen LogP) is 4.89. The summed E-state index contributed by atoms with van der Waals surface area (Å²) in [5.41, 5.74) is 5.06. The molecule has 2 N–H and O–H groups in total. The smallest absolute Gasteiger partial charge is 0.248 e. The highest BCUT2D eigenvalue weighted by Crippen LogP contribution is 2.35. The molecule has 9 heteroatoms. The van der Waals surface area contributed by atoms with E-state index in [1.165, 1.54) is 0 Å². The lowest BCUT2D eigenvalue weighted by molar-refractivity contribution is -0.115. The first kappa shape index (κ1) is 25.0. The Balaban J connectivity index is 1.26. The Morgan fingerprint density at radius 2 is 2.03 bits per heavy atom. The van der Waals surface area contributed by atoms with Gasteiger partial charge in [0.1, 0.15) is 5.76 Å². The summed E-state index contributed by atoms with van der Waals surface area (Å²) in [6, 6.07) is 13.8. The minimum Gasteiger partial charge on any atom is -0.365 e. The van der Waals surface area contributed by atoms with Gasteiger partial charge in [-0.25, -0.2) is 0 Å². The van der Waals surface area contributed by atoms with E-state index < -0.39 is 0 Å². The van der Waals surface area contributed by atoms with E-state index in [2.05, 4.69) is 38.6 Å². The zero-order valence-corrected chi connectivity index (χ0v) is 21.9. The molecule has 37 heavy (non-hydrogen) atoms. The van der Waals surface area contributed by atoms with Crippen LogP contribution in [0.1, 0.15) is 35.5 Å². The van der Waals surface area contributed by atoms with E-state index in [0.717, 1.165) is 47.8 Å². The van der Waals surface area contributed by atoms with Crippen LogP contribution in [0.15, 0.2) is 59.1 Å². The maximum absolute atomic E-state index is 12.6. The molecule has 5 rings (SSSR count). The number of carbonyl (C=O) groups is 2. The topological polar surface area (TPSA) is 90.7 Å². The van der Waals surface area contributed by atoms with Gasteiger partial charge in [-0.2, -0.15) is 0 Å². The maximum Gasteiger partial charge on any atom is 0.248 e. The Kier molecular flexibility index (Phi) is 7.04. The summed E-state index contributed by atoms with van der Waals surface area (Å²) in [6.45, 7) is 8.21. The zero-order chi connectivity index (χ0) is 26.1. The molecule has 2 atom stereocenters. The number of benzene rings is 2. The van der Waals surface area contributed by atoms with Gasteiger partial charge in [0.2, 0.25) is 11.8 Å². The highest BCUT2D eigenvalue weighted by Gasteiger charge is 2.31. The number of anilines is 3. The monoisotopic (exact) mass is 519 g/mol. The molecule has 0 aliphatic carbocycles. The van der Waals surface area contributed by atoms with Gasteiger partial charge >= 0.3 is 0 Å². The van der Waals surface area contributed by atoms with Crippen LogP contribution in [0, 0.1) is 13.8 Å². The van der Waals surface area contributed by atoms with E-state index >= 15 is 0 Å². The molecule has 3 aromatic rings. The number of nitrogens with one attached hydrogen (secondary N) is 2. The molecular formula is C28H30ClN5O3. The molecule has 192 valence electrons. The second-order valence-electron chi connectivity index (χ2n) is 9.61. The van der Waals surface area contributed by atoms with Crippen molar-refractivity contribution in [3.63, 3.8) is 0 Å². The fraction of sp³-hybridized carbons (Fsp3) is 0.321. The van der Waals surface area contributed by atoms with Crippen molar-refractivity contribution < 1.29 is 14.1 Å². The van der Waals surface area contributed by atoms with Gasteiger partial charge < -0.3 is 20.1 Å². The molecule has 0 radical (unpaired) electrons. The van der Waals surface area contributed by atoms with Gasteiger partial charge in [-0.3, -0.25) is 14.5 Å². The van der Waals surface area contributed by atoms with Crippen molar-refractivity contribution in [2.24, 2.45) is 0 Å². The van der Waals surface area contributed by atoms with E-state index in [0.29, 0.717) is 16.5 Å². The molecule has 1 aromatic heterocycles. The van der Waals surface area contributed by atoms with Crippen LogP contribution in [-0.2, 0) is 16.0 Å². The van der Waals surface area contributed by atoms with Crippen molar-refractivity contribution in [2.45, 2.75) is 39.3 Å². The lowest BCUT2D eigenvalue weighted by Crippen LogP contribution is -2.52. The summed E-state index contributed by atoms with van der Waals surface area (Å²) in [4.78, 5) is 29.4. The molecule has 1 fully saturated rings. The van der Waals surface area contributed by atoms with Crippen LogP contribution in [0.25, 0.3) is 0 Å². The standard InChI is InChI=1S/C28H30ClN5O3/c1-17-16-33(25-10-11-27(35)31-24-7-5-4-6-21(24)25)12-13-34(17)26-9-8-20(14-23(26)29)30-28(36)15-22-18(2)32-37-19(22)3/h4-11,14,17,25H,12-13,15-16H2,1-3H3,(H,30,36)(H,31,35). The molecule has 2 aromatic carbocycles. The molecule has 0 spiro atoms. The number of nitrogens with zero attached hydrogens (tertiary/aromatic N) is 3. The Hall–Kier alpha value is -3.62. The average Bonchev–Trinajstić information content (AvgIpc) is 3.07. The molecule has 8 nitrogen and oxygen atoms in total. The van der Waals surface area contributed by atoms with Gasteiger partial charge in [0, 0.05) is 48.7 Å². The maximum atomic E-state index is 12.6. The van der Waals surface area contributed by atoms with Crippen LogP contribution >= 0.6 is 11.6 Å². The van der Waals surface area contributed by atoms with Crippen molar-refractivity contribution in [1.29, 1.82) is 0 Å². The summed E-state index contributed by atoms with van der Waals surface area (Å²) in [5, 5.41) is 10.4. The van der Waals surface area contributed by atoms with Crippen LogP contribution in [0.5, 0.6) is 0 Å². The molecule has 0 saturated carbocycles. The number of fused-ring (bicyclic) bond motifs is 1. The van der Waals surface area contributed by atoms with E-state index in [1.54, 1.807) is 19.1 Å². The number of para-hydroxylation sites is 1. The molecule has 3 heterocycles. The van der Waals surface area contributed by atoms with Crippen molar-refractivity contribution in [2.75, 3.05) is 35.2 Å². The number of piperazine rings is 1. The van der Waals surface area contributed by atoms with Gasteiger partial charge in [-0.15, -0.1) is 0 Å². The van der Waals surface area contributed by atoms with Gasteiger partial charge in [-0.05, 0) is 50.6 Å². The number of aromatic nitrogens is 1.